The van der Waals surface area contributed by atoms with E-state index in [9.17, 15) is 0 Å². The van der Waals surface area contributed by atoms with Crippen LogP contribution in [-0.4, -0.2) is 21.3 Å². The van der Waals surface area contributed by atoms with E-state index < -0.39 is 0 Å². The molecule has 62 valence electrons. The Labute approximate surface area is 72.5 Å². The minimum absolute atomic E-state index is 0.0502. The van der Waals surface area contributed by atoms with Gasteiger partial charge in [0.15, 0.2) is 0 Å². The number of rotatable bonds is 4. The quantitative estimate of drug-likeness (QED) is 0.502. The van der Waals surface area contributed by atoms with E-state index >= 15 is 0 Å². The molecule has 1 atom stereocenters. The van der Waals surface area contributed by atoms with E-state index in [-0.39, 0.29) is 5.60 Å². The molecule has 0 rings (SSSR count). The van der Waals surface area contributed by atoms with E-state index in [1.807, 2.05) is 0 Å². The van der Waals surface area contributed by atoms with Gasteiger partial charge in [-0.1, -0.05) is 6.92 Å². The van der Waals surface area contributed by atoms with Gasteiger partial charge in [-0.05, 0) is 26.7 Å². The third-order valence-electron chi connectivity index (χ3n) is 1.75. The van der Waals surface area contributed by atoms with Crippen molar-refractivity contribution in [2.75, 3.05) is 0 Å². The number of hydrogen-bond acceptors (Lipinski definition) is 2. The van der Waals surface area contributed by atoms with Crippen LogP contribution in [0.5, 0.6) is 0 Å². The van der Waals surface area contributed by atoms with Crippen LogP contribution in [0.1, 0.15) is 33.6 Å². The molecule has 0 N–H and O–H groups in total. The predicted molar refractivity (Wildman–Crippen MR) is 52.8 cm³/mol. The first-order chi connectivity index (χ1) is 4.52. The van der Waals surface area contributed by atoms with Crippen LogP contribution in [0.25, 0.3) is 0 Å². The third kappa shape index (κ3) is 4.36. The van der Waals surface area contributed by atoms with Crippen molar-refractivity contribution in [1.82, 2.24) is 0 Å². The largest absolute Gasteiger partial charge is 0.423 e. The van der Waals surface area contributed by atoms with E-state index in [4.69, 9.17) is 4.43 Å². The summed E-state index contributed by atoms with van der Waals surface area (Å²) in [6, 6.07) is 0. The predicted octanol–water partition coefficient (Wildman–Crippen LogP) is 1.16. The van der Waals surface area contributed by atoms with E-state index in [1.165, 1.54) is 0 Å². The topological polar surface area (TPSA) is 9.23 Å². The summed E-state index contributed by atoms with van der Waals surface area (Å²) in [5, 5.41) is 0.490. The van der Waals surface area contributed by atoms with Gasteiger partial charge in [0, 0.05) is 5.25 Å². The van der Waals surface area contributed by atoms with Gasteiger partial charge in [-0.25, -0.2) is 0 Å². The molecule has 0 fully saturated rings. The lowest BCUT2D eigenvalue weighted by Crippen LogP contribution is -2.26. The summed E-state index contributed by atoms with van der Waals surface area (Å²) in [5.41, 5.74) is 0.0502. The monoisotopic (exact) mass is 178 g/mol. The average Bonchev–Trinajstić information content (AvgIpc) is 1.87. The molecule has 1 unspecified atom stereocenters. The van der Waals surface area contributed by atoms with Gasteiger partial charge in [0.1, 0.15) is 10.5 Å². The summed E-state index contributed by atoms with van der Waals surface area (Å²) in [6.45, 7) is 6.40. The van der Waals surface area contributed by atoms with Crippen LogP contribution in [0.15, 0.2) is 0 Å². The maximum absolute atomic E-state index is 5.40. The van der Waals surface area contributed by atoms with Gasteiger partial charge in [-0.2, -0.15) is 12.6 Å². The van der Waals surface area contributed by atoms with Crippen molar-refractivity contribution in [2.24, 2.45) is 0 Å². The van der Waals surface area contributed by atoms with E-state index in [0.717, 1.165) is 23.3 Å². The van der Waals surface area contributed by atoms with Crippen molar-refractivity contribution in [3.63, 3.8) is 0 Å². The molecule has 10 heavy (non-hydrogen) atoms. The fourth-order valence-corrected chi connectivity index (χ4v) is 1.40. The van der Waals surface area contributed by atoms with Crippen LogP contribution < -0.4 is 0 Å². The first kappa shape index (κ1) is 10.5. The summed E-state index contributed by atoms with van der Waals surface area (Å²) >= 11 is 4.41. The van der Waals surface area contributed by atoms with Crippen LogP contribution in [0.3, 0.4) is 0 Å². The Kier molecular flexibility index (Phi) is 4.65. The molecule has 0 aromatic carbocycles. The molecule has 0 aliphatic carbocycles. The van der Waals surface area contributed by atoms with Crippen molar-refractivity contribution in [3.8, 4) is 0 Å². The molecule has 0 saturated heterocycles. The molecule has 0 saturated carbocycles. The van der Waals surface area contributed by atoms with Gasteiger partial charge in [-0.3, -0.25) is 0 Å². The Morgan fingerprint density at radius 2 is 2.10 bits per heavy atom. The van der Waals surface area contributed by atoms with Crippen LogP contribution in [0, 0.1) is 0 Å². The molecule has 0 aliphatic heterocycles. The summed E-state index contributed by atoms with van der Waals surface area (Å²) < 4.78 is 5.40. The second-order valence-corrected chi connectivity index (χ2v) is 4.37. The summed E-state index contributed by atoms with van der Waals surface area (Å²) in [6.07, 6.45) is 2.17. The third-order valence-corrected chi connectivity index (χ3v) is 3.40. The molecule has 0 spiro atoms. The zero-order valence-electron chi connectivity index (χ0n) is 7.35. The van der Waals surface area contributed by atoms with E-state index in [0.29, 0.717) is 5.25 Å². The smallest absolute Gasteiger partial charge is 0.146 e. The van der Waals surface area contributed by atoms with Crippen molar-refractivity contribution >= 4 is 23.1 Å². The molecular weight excluding hydrogens is 160 g/mol. The Balaban J connectivity index is 3.64. The molecule has 0 aromatic heterocycles. The van der Waals surface area contributed by atoms with Gasteiger partial charge in [0.25, 0.3) is 0 Å². The maximum Gasteiger partial charge on any atom is 0.146 e. The normalized spacial score (nSPS) is 15.6. The molecule has 0 radical (unpaired) electrons. The molecule has 1 nitrogen and oxygen atoms in total. The van der Waals surface area contributed by atoms with Crippen LogP contribution in [-0.2, 0) is 4.43 Å². The zero-order chi connectivity index (χ0) is 8.20. The van der Waals surface area contributed by atoms with Gasteiger partial charge < -0.3 is 4.43 Å². The van der Waals surface area contributed by atoms with Crippen molar-refractivity contribution in [1.29, 1.82) is 0 Å². The van der Waals surface area contributed by atoms with E-state index in [2.05, 4.69) is 33.4 Å². The zero-order valence-corrected chi connectivity index (χ0v) is 10.2. The first-order valence-corrected chi connectivity index (χ1v) is 5.08. The molecular formula is C7H18OSSi. The highest BCUT2D eigenvalue weighted by atomic mass is 32.1. The Morgan fingerprint density at radius 1 is 1.60 bits per heavy atom. The minimum atomic E-state index is 0.0502. The van der Waals surface area contributed by atoms with Crippen LogP contribution >= 0.6 is 12.6 Å². The van der Waals surface area contributed by atoms with Crippen LogP contribution in [0.2, 0.25) is 0 Å². The van der Waals surface area contributed by atoms with Gasteiger partial charge in [0.2, 0.25) is 0 Å². The maximum atomic E-state index is 5.40. The van der Waals surface area contributed by atoms with Crippen LogP contribution in [0.4, 0.5) is 0 Å². The van der Waals surface area contributed by atoms with Gasteiger partial charge in [-0.15, -0.1) is 0 Å². The average molecular weight is 178 g/mol. The minimum Gasteiger partial charge on any atom is -0.423 e. The molecule has 0 aromatic rings. The van der Waals surface area contributed by atoms with Gasteiger partial charge in [0.05, 0.1) is 5.60 Å². The standard InChI is InChI=1S/C7H18OSSi/c1-4-6(9)5-7(2,3)8-10/h6,9H,4-5H2,1-3,10H3. The molecule has 0 heterocycles. The molecule has 0 amide bonds. The molecule has 3 heteroatoms. The Bertz CT molecular complexity index is 95.6. The first-order valence-electron chi connectivity index (χ1n) is 3.75. The summed E-state index contributed by atoms with van der Waals surface area (Å²) in [5.74, 6) is 0. The summed E-state index contributed by atoms with van der Waals surface area (Å²) in [4.78, 5) is 0. The lowest BCUT2D eigenvalue weighted by atomic mass is 10.0. The van der Waals surface area contributed by atoms with Crippen molar-refractivity contribution in [3.05, 3.63) is 0 Å². The number of thiol groups is 1. The van der Waals surface area contributed by atoms with E-state index in [1.54, 1.807) is 0 Å². The second-order valence-electron chi connectivity index (χ2n) is 3.23. The highest BCUT2D eigenvalue weighted by molar-refractivity contribution is 7.80. The molecule has 0 bridgehead atoms. The fraction of sp³-hybridized carbons (Fsp3) is 1.00. The lowest BCUT2D eigenvalue weighted by molar-refractivity contribution is 0.112. The van der Waals surface area contributed by atoms with Crippen molar-refractivity contribution in [2.45, 2.75) is 44.5 Å². The Hall–Kier alpha value is 0.527. The SMILES string of the molecule is CCC(S)CC(C)(C)O[SiH3]. The summed E-state index contributed by atoms with van der Waals surface area (Å²) in [7, 11) is 0.821. The number of hydrogen-bond donors (Lipinski definition) is 1. The lowest BCUT2D eigenvalue weighted by Gasteiger charge is -2.26. The highest BCUT2D eigenvalue weighted by Crippen LogP contribution is 2.19. The Morgan fingerprint density at radius 3 is 2.40 bits per heavy atom. The fourth-order valence-electron chi connectivity index (χ4n) is 0.795. The van der Waals surface area contributed by atoms with Crippen molar-refractivity contribution < 1.29 is 4.43 Å². The molecule has 0 aliphatic rings. The highest BCUT2D eigenvalue weighted by Gasteiger charge is 2.18. The van der Waals surface area contributed by atoms with Gasteiger partial charge >= 0.3 is 0 Å². The second kappa shape index (κ2) is 4.41.